The molecule has 2 aromatic heterocycles. The van der Waals surface area contributed by atoms with Crippen molar-refractivity contribution in [1.29, 1.82) is 0 Å². The van der Waals surface area contributed by atoms with Gasteiger partial charge in [-0.3, -0.25) is 0 Å². The Morgan fingerprint density at radius 1 is 0.314 bits per heavy atom. The van der Waals surface area contributed by atoms with Crippen LogP contribution in [0.3, 0.4) is 0 Å². The molecule has 4 heteroatoms. The molecule has 240 valence electrons. The van der Waals surface area contributed by atoms with E-state index in [0.717, 1.165) is 39.1 Å². The third kappa shape index (κ3) is 6.00. The predicted molar refractivity (Wildman–Crippen MR) is 209 cm³/mol. The summed E-state index contributed by atoms with van der Waals surface area (Å²) in [6.07, 6.45) is 2.27. The van der Waals surface area contributed by atoms with E-state index in [1.807, 2.05) is 60.7 Å². The van der Waals surface area contributed by atoms with Crippen LogP contribution in [0.15, 0.2) is 194 Å². The van der Waals surface area contributed by atoms with E-state index in [1.165, 1.54) is 27.6 Å². The van der Waals surface area contributed by atoms with Gasteiger partial charge in [0.05, 0.1) is 5.52 Å². The van der Waals surface area contributed by atoms with Crippen molar-refractivity contribution in [3.05, 3.63) is 194 Å². The summed E-state index contributed by atoms with van der Waals surface area (Å²) >= 11 is 0. The zero-order valence-corrected chi connectivity index (χ0v) is 27.8. The maximum atomic E-state index is 4.97. The maximum Gasteiger partial charge on any atom is 0.164 e. The molecule has 51 heavy (non-hydrogen) atoms. The second-order valence-corrected chi connectivity index (χ2v) is 12.5. The molecule has 0 N–H and O–H groups in total. The standard InChI is InChI=1S/C47H32N4/c1-5-15-33(16-6-1)38-27-28-44-42(31-38)43(32-51(44)41-25-11-4-12-26-41)39-23-13-21-36(29-39)37-22-14-24-40(30-37)47-49-45(34-17-7-2-8-18-34)48-46(50-47)35-19-9-3-10-20-35/h1-32H. The number of hydrogen-bond donors (Lipinski definition) is 0. The Hall–Kier alpha value is -6.91. The first-order chi connectivity index (χ1) is 25.3. The molecule has 0 saturated carbocycles. The quantitative estimate of drug-likeness (QED) is 0.172. The van der Waals surface area contributed by atoms with Crippen molar-refractivity contribution in [3.8, 4) is 73.2 Å². The van der Waals surface area contributed by atoms with Crippen molar-refractivity contribution in [1.82, 2.24) is 19.5 Å². The lowest BCUT2D eigenvalue weighted by atomic mass is 9.96. The number of hydrogen-bond acceptors (Lipinski definition) is 3. The molecule has 0 spiro atoms. The largest absolute Gasteiger partial charge is 0.316 e. The van der Waals surface area contributed by atoms with Crippen molar-refractivity contribution in [2.75, 3.05) is 0 Å². The lowest BCUT2D eigenvalue weighted by Gasteiger charge is -2.10. The van der Waals surface area contributed by atoms with Crippen LogP contribution < -0.4 is 0 Å². The van der Waals surface area contributed by atoms with Crippen molar-refractivity contribution >= 4 is 10.9 Å². The highest BCUT2D eigenvalue weighted by Crippen LogP contribution is 2.37. The number of para-hydroxylation sites is 1. The van der Waals surface area contributed by atoms with Crippen LogP contribution in [-0.4, -0.2) is 19.5 Å². The molecule has 9 rings (SSSR count). The van der Waals surface area contributed by atoms with E-state index in [1.54, 1.807) is 0 Å². The molecule has 0 aliphatic heterocycles. The molecular weight excluding hydrogens is 621 g/mol. The van der Waals surface area contributed by atoms with Crippen LogP contribution in [0.2, 0.25) is 0 Å². The molecule has 0 saturated heterocycles. The Bertz CT molecular complexity index is 2550. The molecule has 0 aliphatic carbocycles. The monoisotopic (exact) mass is 652 g/mol. The van der Waals surface area contributed by atoms with E-state index < -0.39 is 0 Å². The number of fused-ring (bicyclic) bond motifs is 1. The number of benzene rings is 7. The summed E-state index contributed by atoms with van der Waals surface area (Å²) in [5.41, 5.74) is 12.1. The Morgan fingerprint density at radius 3 is 1.33 bits per heavy atom. The first-order valence-corrected chi connectivity index (χ1v) is 17.1. The van der Waals surface area contributed by atoms with Crippen LogP contribution >= 0.6 is 0 Å². The predicted octanol–water partition coefficient (Wildman–Crippen LogP) is 11.8. The second kappa shape index (κ2) is 13.2. The molecule has 0 unspecified atom stereocenters. The van der Waals surface area contributed by atoms with E-state index in [4.69, 9.17) is 15.0 Å². The van der Waals surface area contributed by atoms with Crippen LogP contribution in [0.1, 0.15) is 0 Å². The molecule has 9 aromatic rings. The second-order valence-electron chi connectivity index (χ2n) is 12.5. The highest BCUT2D eigenvalue weighted by atomic mass is 15.0. The van der Waals surface area contributed by atoms with Crippen LogP contribution in [0.5, 0.6) is 0 Å². The average Bonchev–Trinajstić information content (AvgIpc) is 3.61. The Labute approximate surface area is 297 Å². The van der Waals surface area contributed by atoms with Gasteiger partial charge < -0.3 is 4.57 Å². The Balaban J connectivity index is 1.15. The molecule has 0 atom stereocenters. The molecule has 0 radical (unpaired) electrons. The third-order valence-electron chi connectivity index (χ3n) is 9.27. The minimum Gasteiger partial charge on any atom is -0.316 e. The molecule has 0 bridgehead atoms. The molecule has 0 fully saturated rings. The fourth-order valence-electron chi connectivity index (χ4n) is 6.71. The summed E-state index contributed by atoms with van der Waals surface area (Å²) in [5.74, 6) is 1.94. The van der Waals surface area contributed by atoms with Gasteiger partial charge in [-0.1, -0.05) is 152 Å². The van der Waals surface area contributed by atoms with Crippen LogP contribution in [0, 0.1) is 0 Å². The number of rotatable bonds is 7. The minimum atomic E-state index is 0.639. The lowest BCUT2D eigenvalue weighted by Crippen LogP contribution is -2.00. The molecule has 0 aliphatic rings. The summed E-state index contributed by atoms with van der Waals surface area (Å²) in [7, 11) is 0. The topological polar surface area (TPSA) is 43.6 Å². The normalized spacial score (nSPS) is 11.1. The van der Waals surface area contributed by atoms with Gasteiger partial charge in [0.1, 0.15) is 0 Å². The minimum absolute atomic E-state index is 0.639. The van der Waals surface area contributed by atoms with Gasteiger partial charge in [-0.25, -0.2) is 15.0 Å². The molecule has 0 amide bonds. The highest BCUT2D eigenvalue weighted by Gasteiger charge is 2.16. The summed E-state index contributed by atoms with van der Waals surface area (Å²) in [4.78, 5) is 14.8. The van der Waals surface area contributed by atoms with Gasteiger partial charge in [0.15, 0.2) is 17.5 Å². The van der Waals surface area contributed by atoms with E-state index in [0.29, 0.717) is 17.5 Å². The fourth-order valence-corrected chi connectivity index (χ4v) is 6.71. The lowest BCUT2D eigenvalue weighted by molar-refractivity contribution is 1.07. The summed E-state index contributed by atoms with van der Waals surface area (Å²) in [5, 5.41) is 1.21. The molecule has 7 aromatic carbocycles. The molecule has 2 heterocycles. The smallest absolute Gasteiger partial charge is 0.164 e. The van der Waals surface area contributed by atoms with Crippen molar-refractivity contribution in [2.24, 2.45) is 0 Å². The van der Waals surface area contributed by atoms with Gasteiger partial charge in [-0.2, -0.15) is 0 Å². The van der Waals surface area contributed by atoms with Crippen LogP contribution in [0.25, 0.3) is 84.1 Å². The first kappa shape index (κ1) is 30.2. The fraction of sp³-hybridized carbons (Fsp3) is 0. The van der Waals surface area contributed by atoms with Gasteiger partial charge in [-0.05, 0) is 64.2 Å². The van der Waals surface area contributed by atoms with Crippen molar-refractivity contribution in [2.45, 2.75) is 0 Å². The van der Waals surface area contributed by atoms with Crippen molar-refractivity contribution < 1.29 is 0 Å². The van der Waals surface area contributed by atoms with E-state index in [2.05, 4.69) is 138 Å². The number of nitrogens with zero attached hydrogens (tertiary/aromatic N) is 4. The molecular formula is C47H32N4. The SMILES string of the molecule is c1ccc(-c2ccc3c(c2)c(-c2cccc(-c4cccc(-c5nc(-c6ccccc6)nc(-c6ccccc6)n5)c4)c2)cn3-c2ccccc2)cc1. The van der Waals surface area contributed by atoms with Gasteiger partial charge in [0.2, 0.25) is 0 Å². The van der Waals surface area contributed by atoms with Gasteiger partial charge in [0.25, 0.3) is 0 Å². The van der Waals surface area contributed by atoms with Crippen LogP contribution in [0.4, 0.5) is 0 Å². The van der Waals surface area contributed by atoms with Crippen LogP contribution in [-0.2, 0) is 0 Å². The van der Waals surface area contributed by atoms with E-state index in [-0.39, 0.29) is 0 Å². The van der Waals surface area contributed by atoms with Crippen molar-refractivity contribution in [3.63, 3.8) is 0 Å². The first-order valence-electron chi connectivity index (χ1n) is 17.1. The highest BCUT2D eigenvalue weighted by molar-refractivity contribution is 6.00. The van der Waals surface area contributed by atoms with E-state index in [9.17, 15) is 0 Å². The number of aromatic nitrogens is 4. The third-order valence-corrected chi connectivity index (χ3v) is 9.27. The summed E-state index contributed by atoms with van der Waals surface area (Å²) in [6, 6.07) is 65.4. The Morgan fingerprint density at radius 2 is 0.745 bits per heavy atom. The van der Waals surface area contributed by atoms with E-state index >= 15 is 0 Å². The van der Waals surface area contributed by atoms with Gasteiger partial charge >= 0.3 is 0 Å². The summed E-state index contributed by atoms with van der Waals surface area (Å²) < 4.78 is 2.29. The zero-order valence-electron chi connectivity index (χ0n) is 27.8. The Kier molecular flexibility index (Phi) is 7.80. The maximum absolute atomic E-state index is 4.97. The average molecular weight is 653 g/mol. The van der Waals surface area contributed by atoms with Gasteiger partial charge in [0, 0.05) is 39.5 Å². The summed E-state index contributed by atoms with van der Waals surface area (Å²) in [6.45, 7) is 0. The zero-order chi connectivity index (χ0) is 34.0. The van der Waals surface area contributed by atoms with Gasteiger partial charge in [-0.15, -0.1) is 0 Å². The molecule has 4 nitrogen and oxygen atoms in total.